The Morgan fingerprint density at radius 1 is 0.827 bits per heavy atom. The third-order valence-electron chi connectivity index (χ3n) is 10.9. The van der Waals surface area contributed by atoms with Crippen LogP contribution in [0.25, 0.3) is 33.5 Å². The maximum absolute atomic E-state index is 14.3. The van der Waals surface area contributed by atoms with Crippen molar-refractivity contribution in [3.63, 3.8) is 0 Å². The number of methoxy groups -OCH3 is 1. The van der Waals surface area contributed by atoms with Gasteiger partial charge in [-0.25, -0.2) is 42.3 Å². The number of nitrogen functional groups attached to an aromatic ring is 3. The Labute approximate surface area is 415 Å². The van der Waals surface area contributed by atoms with E-state index in [-0.39, 0.29) is 51.2 Å². The van der Waals surface area contributed by atoms with Gasteiger partial charge in [0.15, 0.2) is 41.4 Å². The Morgan fingerprint density at radius 2 is 1.48 bits per heavy atom. The van der Waals surface area contributed by atoms with Crippen molar-refractivity contribution in [1.82, 2.24) is 53.6 Å². The quantitative estimate of drug-likeness (QED) is 0.0213. The van der Waals surface area contributed by atoms with E-state index in [9.17, 15) is 67.1 Å². The van der Waals surface area contributed by atoms with Gasteiger partial charge in [-0.3, -0.25) is 46.9 Å². The molecule has 14 atom stereocenters. The number of nitrogens with zero attached hydrogens (tertiary/aromatic N) is 10. The lowest BCUT2D eigenvalue weighted by Crippen LogP contribution is -2.45. The monoisotopic (exact) mass is 1150 g/mol. The topological polar surface area (TPSA) is 548 Å². The summed E-state index contributed by atoms with van der Waals surface area (Å²) < 4.78 is 121. The van der Waals surface area contributed by atoms with E-state index in [1.165, 1.54) is 17.9 Å². The number of aromatic amines is 2. The highest BCUT2D eigenvalue weighted by Gasteiger charge is 2.51. The smallest absolute Gasteiger partial charge is 0.487 e. The van der Waals surface area contributed by atoms with E-state index in [1.807, 2.05) is 0 Å². The number of alkyl halides is 1. The summed E-state index contributed by atoms with van der Waals surface area (Å²) in [6, 6.07) is 0. The van der Waals surface area contributed by atoms with Gasteiger partial charge >= 0.3 is 21.3 Å². The predicted molar refractivity (Wildman–Crippen MR) is 236 cm³/mol. The van der Waals surface area contributed by atoms with Crippen LogP contribution in [0, 0.1) is 0 Å². The summed E-state index contributed by atoms with van der Waals surface area (Å²) in [6.07, 6.45) is -12.9. The molecule has 6 aromatic heterocycles. The van der Waals surface area contributed by atoms with Gasteiger partial charge in [0.25, 0.3) is 32.7 Å². The second-order valence-corrected chi connectivity index (χ2v) is 21.9. The molecular weight excluding hydrogens is 1110 g/mol. The van der Waals surface area contributed by atoms with Gasteiger partial charge in [0.2, 0.25) is 17.7 Å². The zero-order valence-corrected chi connectivity index (χ0v) is 41.7. The lowest BCUT2D eigenvalue weighted by Gasteiger charge is -2.31. The number of hydrogen-bond acceptors (Lipinski definition) is 30. The van der Waals surface area contributed by atoms with Crippen LogP contribution in [0.2, 0.25) is 0 Å². The third kappa shape index (κ3) is 12.0. The van der Waals surface area contributed by atoms with Gasteiger partial charge in [-0.1, -0.05) is 4.98 Å². The number of hydrogen-bond donors (Lipinski definition) is 10. The molecule has 8 heterocycles. The molecule has 0 spiro atoms. The molecule has 2 fully saturated rings. The fourth-order valence-electron chi connectivity index (χ4n) is 7.74. The number of rotatable bonds is 23. The molecule has 0 bridgehead atoms. The van der Waals surface area contributed by atoms with E-state index in [1.54, 1.807) is 0 Å². The first-order valence-electron chi connectivity index (χ1n) is 21.0. The number of nitrogens with one attached hydrogen (secondary N) is 2. The number of aryl methyl sites for hydroxylation is 1. The van der Waals surface area contributed by atoms with E-state index < -0.39 is 137 Å². The van der Waals surface area contributed by atoms with Gasteiger partial charge in [-0.05, 0) is 0 Å². The van der Waals surface area contributed by atoms with Gasteiger partial charge in [0, 0.05) is 7.11 Å². The molecule has 412 valence electrons. The molecule has 0 saturated carbocycles. The molecule has 43 heteroatoms. The number of ether oxygens (including phenoxy) is 4. The molecule has 75 heavy (non-hydrogen) atoms. The SMILES string of the molecule is COC1[C@@H](OP(=O)([O-])OC[C@H]2O[C@@H](n3cnc4c(=O)[nH]c(N)nc43)C(O)[C@H]2O)[C@@H](COP(=O)(O)OP(=O)(O)OP(=O)([O-])OC[C@H](CO)O[C@H](CF)[n+]2cn(C)c3c(=O)[nH]c(N)nc32)O[C@H]1n1cnc2c(N)ncnc21. The Balaban J connectivity index is 0.932. The number of aliphatic hydroxyl groups excluding tert-OH is 3. The minimum atomic E-state index is -6.29. The van der Waals surface area contributed by atoms with E-state index in [2.05, 4.69) is 53.0 Å². The van der Waals surface area contributed by atoms with Crippen LogP contribution < -0.4 is 42.7 Å². The number of fused-ring (bicyclic) bond motifs is 3. The van der Waals surface area contributed by atoms with Crippen molar-refractivity contribution in [1.29, 1.82) is 0 Å². The first kappa shape index (κ1) is 56.0. The van der Waals surface area contributed by atoms with E-state index in [4.69, 9.17) is 49.7 Å². The van der Waals surface area contributed by atoms with Crippen molar-refractivity contribution in [3.8, 4) is 0 Å². The molecule has 2 aliphatic rings. The summed E-state index contributed by atoms with van der Waals surface area (Å²) in [5.74, 6) is -0.794. The average molecular weight is 1150 g/mol. The van der Waals surface area contributed by atoms with Gasteiger partial charge in [-0.2, -0.15) is 9.29 Å². The number of aromatic nitrogens is 12. The molecule has 8 rings (SSSR count). The molecule has 0 radical (unpaired) electrons. The van der Waals surface area contributed by atoms with Crippen LogP contribution in [0.5, 0.6) is 0 Å². The Kier molecular flexibility index (Phi) is 16.2. The molecule has 2 aliphatic heterocycles. The summed E-state index contributed by atoms with van der Waals surface area (Å²) >= 11 is 0. The number of aliphatic hydroxyl groups is 3. The van der Waals surface area contributed by atoms with Gasteiger partial charge in [-0.15, -0.1) is 0 Å². The maximum atomic E-state index is 14.3. The van der Waals surface area contributed by atoms with Crippen molar-refractivity contribution in [3.05, 3.63) is 46.0 Å². The molecule has 0 aliphatic carbocycles. The number of imidazole rings is 3. The first-order chi connectivity index (χ1) is 35.2. The van der Waals surface area contributed by atoms with Crippen molar-refractivity contribution in [2.45, 2.75) is 61.4 Å². The van der Waals surface area contributed by atoms with Crippen molar-refractivity contribution < 1.29 is 108 Å². The normalized spacial score (nSPS) is 26.3. The second kappa shape index (κ2) is 21.7. The highest BCUT2D eigenvalue weighted by atomic mass is 31.3. The standard InChI is InChI=1S/C32H44FN15O23P4/c1-45-11-48(26-18(45)28(53)44-32(36)42-26)15(3-33)66-12(4-49)5-63-73(56,57)70-75(60,61)71-74(58,59)65-7-14-21(22(62-2)30(68-14)46-9-39-16-23(34)37-8-38-24(16)46)69-72(54,55)64-6-13-19(50)20(51)29(67-13)47-10-40-17-25(47)41-31(35)43-27(17)52/h8-15,19-22,29-30,49-51H,3-7H2,1-2H3,(H11-,34,35,36,37,38,41,42,43,44,52,53,54,55,56,57,58,59,60,61)/p-1/t12-,13+,14+,15+,19-,20?,21-,22?,29+,30+/m0/s1. The second-order valence-electron chi connectivity index (χ2n) is 15.9. The van der Waals surface area contributed by atoms with Crippen LogP contribution in [-0.2, 0) is 71.0 Å². The molecule has 13 N–H and O–H groups in total. The fraction of sp³-hybridized carbons (Fsp3) is 0.531. The van der Waals surface area contributed by atoms with Crippen LogP contribution in [0.1, 0.15) is 18.7 Å². The summed E-state index contributed by atoms with van der Waals surface area (Å²) in [6.45, 7) is -6.07. The molecular formula is C32H43FN15O23P4-. The molecule has 38 nitrogen and oxygen atoms in total. The number of nitrogens with two attached hydrogens (primary N) is 3. The summed E-state index contributed by atoms with van der Waals surface area (Å²) in [7, 11) is -21.7. The lowest BCUT2D eigenvalue weighted by atomic mass is 10.1. The fourth-order valence-corrected chi connectivity index (χ4v) is 12.2. The average Bonchev–Trinajstić information content (AvgIpc) is 4.14. The van der Waals surface area contributed by atoms with Crippen LogP contribution >= 0.6 is 31.3 Å². The van der Waals surface area contributed by atoms with Gasteiger partial charge in [0.1, 0.15) is 61.2 Å². The number of phosphoric acid groups is 4. The minimum absolute atomic E-state index is 0.0209. The summed E-state index contributed by atoms with van der Waals surface area (Å²) in [5, 5.41) is 31.5. The number of anilines is 3. The molecule has 2 saturated heterocycles. The summed E-state index contributed by atoms with van der Waals surface area (Å²) in [5.41, 5.74) is 15.0. The highest BCUT2D eigenvalue weighted by Crippen LogP contribution is 2.66. The zero-order valence-electron chi connectivity index (χ0n) is 38.1. The van der Waals surface area contributed by atoms with Crippen LogP contribution in [0.4, 0.5) is 22.1 Å². The number of phosphoric ester groups is 3. The Hall–Kier alpha value is -5.18. The zero-order chi connectivity index (χ0) is 54.5. The van der Waals surface area contributed by atoms with E-state index in [0.717, 1.165) is 39.8 Å². The van der Waals surface area contributed by atoms with Crippen LogP contribution in [-0.4, -0.2) is 162 Å². The summed E-state index contributed by atoms with van der Waals surface area (Å²) in [4.78, 5) is 100. The molecule has 6 unspecified atom stereocenters. The first-order valence-corrected chi connectivity index (χ1v) is 26.9. The number of halogens is 1. The highest BCUT2D eigenvalue weighted by molar-refractivity contribution is 7.66. The number of H-pyrrole nitrogens is 2. The van der Waals surface area contributed by atoms with Gasteiger partial charge < -0.3 is 84.6 Å². The largest absolute Gasteiger partial charge is 0.756 e. The van der Waals surface area contributed by atoms with E-state index >= 15 is 0 Å². The van der Waals surface area contributed by atoms with Gasteiger partial charge in [0.05, 0.1) is 46.1 Å². The Bertz CT molecular complexity index is 3400. The molecule has 0 amide bonds. The minimum Gasteiger partial charge on any atom is -0.756 e. The van der Waals surface area contributed by atoms with Crippen molar-refractivity contribution >= 4 is 82.5 Å². The van der Waals surface area contributed by atoms with Crippen molar-refractivity contribution in [2.24, 2.45) is 7.05 Å². The predicted octanol–water partition coefficient (Wildman–Crippen LogP) is -4.75. The third-order valence-corrected chi connectivity index (χ3v) is 16.1. The van der Waals surface area contributed by atoms with Crippen LogP contribution in [0.15, 0.2) is 34.9 Å². The van der Waals surface area contributed by atoms with E-state index in [0.29, 0.717) is 0 Å². The molecule has 0 aromatic carbocycles. The Morgan fingerprint density at radius 3 is 2.17 bits per heavy atom. The van der Waals surface area contributed by atoms with Crippen molar-refractivity contribution in [2.75, 3.05) is 57.4 Å². The molecule has 6 aromatic rings. The van der Waals surface area contributed by atoms with Crippen LogP contribution in [0.3, 0.4) is 0 Å². The maximum Gasteiger partial charge on any atom is 0.487 e. The lowest BCUT2D eigenvalue weighted by molar-refractivity contribution is -0.745.